The normalized spacial score (nSPS) is 15.5. The summed E-state index contributed by atoms with van der Waals surface area (Å²) in [5.41, 5.74) is 1.48. The number of hydrogen-bond donors (Lipinski definition) is 1. The Morgan fingerprint density at radius 3 is 2.42 bits per heavy atom. The highest BCUT2D eigenvalue weighted by molar-refractivity contribution is 7.88. The van der Waals surface area contributed by atoms with Crippen molar-refractivity contribution in [3.63, 3.8) is 0 Å². The summed E-state index contributed by atoms with van der Waals surface area (Å²) in [6, 6.07) is 12.4. The predicted octanol–water partition coefficient (Wildman–Crippen LogP) is 3.22. The molecule has 168 valence electrons. The summed E-state index contributed by atoms with van der Waals surface area (Å²) in [6.45, 7) is 1.01. The summed E-state index contributed by atoms with van der Waals surface area (Å²) in [4.78, 5) is 12.6. The molecule has 0 unspecified atom stereocenters. The van der Waals surface area contributed by atoms with Gasteiger partial charge in [0.05, 0.1) is 20.0 Å². The number of rotatable bonds is 8. The van der Waals surface area contributed by atoms with E-state index in [1.54, 1.807) is 44.6 Å². The number of hydrogen-bond acceptors (Lipinski definition) is 5. The molecule has 1 N–H and O–H groups in total. The standard InChI is InChI=1S/C22H27ClN2O5S/c1-29-20-8-7-16(13-21(20)30-2)14-24-22(26)17-9-11-25(12-10-17)31(27,28)15-18-5-3-4-6-19(18)23/h3-8,13,17H,9-12,14-15H2,1-2H3,(H,24,26). The van der Waals surface area contributed by atoms with Crippen molar-refractivity contribution in [1.82, 2.24) is 9.62 Å². The molecule has 1 aliphatic rings. The first kappa shape index (κ1) is 23.4. The molecule has 2 aromatic carbocycles. The largest absolute Gasteiger partial charge is 0.493 e. The number of amides is 1. The Hall–Kier alpha value is -2.29. The van der Waals surface area contributed by atoms with Gasteiger partial charge >= 0.3 is 0 Å². The minimum Gasteiger partial charge on any atom is -0.493 e. The number of piperidine rings is 1. The van der Waals surface area contributed by atoms with Crippen LogP contribution in [0.1, 0.15) is 24.0 Å². The van der Waals surface area contributed by atoms with Gasteiger partial charge in [-0.3, -0.25) is 4.79 Å². The molecule has 1 saturated heterocycles. The molecule has 0 aromatic heterocycles. The smallest absolute Gasteiger partial charge is 0.223 e. The van der Waals surface area contributed by atoms with Crippen LogP contribution in [0.15, 0.2) is 42.5 Å². The van der Waals surface area contributed by atoms with Gasteiger partial charge in [-0.05, 0) is 42.2 Å². The van der Waals surface area contributed by atoms with Gasteiger partial charge in [-0.1, -0.05) is 35.9 Å². The number of methoxy groups -OCH3 is 2. The zero-order valence-electron chi connectivity index (χ0n) is 17.6. The number of ether oxygens (including phenoxy) is 2. The van der Waals surface area contributed by atoms with Crippen molar-refractivity contribution < 1.29 is 22.7 Å². The molecule has 7 nitrogen and oxygen atoms in total. The molecular weight excluding hydrogens is 440 g/mol. The first-order valence-corrected chi connectivity index (χ1v) is 12.0. The van der Waals surface area contributed by atoms with Crippen molar-refractivity contribution in [2.24, 2.45) is 5.92 Å². The molecule has 9 heteroatoms. The van der Waals surface area contributed by atoms with Crippen LogP contribution in [0.5, 0.6) is 11.5 Å². The third kappa shape index (κ3) is 5.90. The van der Waals surface area contributed by atoms with Gasteiger partial charge in [0.25, 0.3) is 0 Å². The SMILES string of the molecule is COc1ccc(CNC(=O)C2CCN(S(=O)(=O)Cc3ccccc3Cl)CC2)cc1OC. The molecule has 0 aliphatic carbocycles. The van der Waals surface area contributed by atoms with Crippen LogP contribution in [0.2, 0.25) is 5.02 Å². The van der Waals surface area contributed by atoms with E-state index in [0.717, 1.165) is 5.56 Å². The topological polar surface area (TPSA) is 84.9 Å². The van der Waals surface area contributed by atoms with E-state index in [2.05, 4.69) is 5.32 Å². The van der Waals surface area contributed by atoms with E-state index in [0.29, 0.717) is 54.6 Å². The summed E-state index contributed by atoms with van der Waals surface area (Å²) in [7, 11) is -0.353. The lowest BCUT2D eigenvalue weighted by atomic mass is 9.97. The van der Waals surface area contributed by atoms with Crippen molar-refractivity contribution in [2.75, 3.05) is 27.3 Å². The maximum Gasteiger partial charge on any atom is 0.223 e. The number of halogens is 1. The summed E-state index contributed by atoms with van der Waals surface area (Å²) in [5.74, 6) is 0.808. The van der Waals surface area contributed by atoms with E-state index < -0.39 is 10.0 Å². The highest BCUT2D eigenvalue weighted by atomic mass is 35.5. The fourth-order valence-corrected chi connectivity index (χ4v) is 5.50. The first-order valence-electron chi connectivity index (χ1n) is 10.0. The summed E-state index contributed by atoms with van der Waals surface area (Å²) < 4.78 is 37.5. The van der Waals surface area contributed by atoms with Crippen LogP contribution in [-0.4, -0.2) is 45.9 Å². The molecule has 1 aliphatic heterocycles. The maximum absolute atomic E-state index is 12.8. The van der Waals surface area contributed by atoms with E-state index >= 15 is 0 Å². The number of carbonyl (C=O) groups excluding carboxylic acids is 1. The number of carbonyl (C=O) groups is 1. The fraction of sp³-hybridized carbons (Fsp3) is 0.409. The molecule has 0 bridgehead atoms. The number of nitrogens with zero attached hydrogens (tertiary/aromatic N) is 1. The Bertz CT molecular complexity index is 1020. The van der Waals surface area contributed by atoms with Crippen LogP contribution in [0, 0.1) is 5.92 Å². The Balaban J connectivity index is 1.52. The minimum absolute atomic E-state index is 0.0714. The molecule has 1 fully saturated rings. The van der Waals surface area contributed by atoms with Gasteiger partial charge < -0.3 is 14.8 Å². The van der Waals surface area contributed by atoms with Crippen LogP contribution in [0.3, 0.4) is 0 Å². The second kappa shape index (κ2) is 10.3. The van der Waals surface area contributed by atoms with E-state index in [-0.39, 0.29) is 17.6 Å². The molecule has 0 spiro atoms. The van der Waals surface area contributed by atoms with E-state index in [1.807, 2.05) is 12.1 Å². The Morgan fingerprint density at radius 2 is 1.77 bits per heavy atom. The van der Waals surface area contributed by atoms with Gasteiger partial charge in [0.1, 0.15) is 0 Å². The first-order chi connectivity index (χ1) is 14.8. The third-order valence-electron chi connectivity index (χ3n) is 5.43. The molecule has 0 radical (unpaired) electrons. The van der Waals surface area contributed by atoms with Crippen molar-refractivity contribution in [1.29, 1.82) is 0 Å². The van der Waals surface area contributed by atoms with Gasteiger partial charge in [-0.25, -0.2) is 12.7 Å². The van der Waals surface area contributed by atoms with Crippen molar-refractivity contribution in [2.45, 2.75) is 25.1 Å². The van der Waals surface area contributed by atoms with Crippen LogP contribution in [0.25, 0.3) is 0 Å². The molecule has 1 heterocycles. The Labute approximate surface area is 188 Å². The average molecular weight is 467 g/mol. The lowest BCUT2D eigenvalue weighted by Crippen LogP contribution is -2.43. The molecule has 0 atom stereocenters. The molecule has 1 amide bonds. The van der Waals surface area contributed by atoms with E-state index in [9.17, 15) is 13.2 Å². The quantitative estimate of drug-likeness (QED) is 0.645. The zero-order valence-corrected chi connectivity index (χ0v) is 19.2. The molecule has 0 saturated carbocycles. The summed E-state index contributed by atoms with van der Waals surface area (Å²) >= 11 is 6.10. The van der Waals surface area contributed by atoms with E-state index in [4.69, 9.17) is 21.1 Å². The number of nitrogens with one attached hydrogen (secondary N) is 1. The Kier molecular flexibility index (Phi) is 7.80. The van der Waals surface area contributed by atoms with Crippen LogP contribution < -0.4 is 14.8 Å². The van der Waals surface area contributed by atoms with Crippen LogP contribution in [0.4, 0.5) is 0 Å². The maximum atomic E-state index is 12.8. The predicted molar refractivity (Wildman–Crippen MR) is 120 cm³/mol. The van der Waals surface area contributed by atoms with Crippen LogP contribution >= 0.6 is 11.6 Å². The second-order valence-corrected chi connectivity index (χ2v) is 9.80. The molecule has 31 heavy (non-hydrogen) atoms. The molecular formula is C22H27ClN2O5S. The van der Waals surface area contributed by atoms with Crippen molar-refractivity contribution in [3.8, 4) is 11.5 Å². The van der Waals surface area contributed by atoms with Crippen LogP contribution in [-0.2, 0) is 27.1 Å². The summed E-state index contributed by atoms with van der Waals surface area (Å²) in [5, 5.41) is 3.38. The van der Waals surface area contributed by atoms with Gasteiger partial charge in [0, 0.05) is 30.6 Å². The molecule has 2 aromatic rings. The third-order valence-corrected chi connectivity index (χ3v) is 7.63. The number of sulfonamides is 1. The van der Waals surface area contributed by atoms with Gasteiger partial charge in [-0.2, -0.15) is 0 Å². The van der Waals surface area contributed by atoms with Crippen molar-refractivity contribution in [3.05, 3.63) is 58.6 Å². The van der Waals surface area contributed by atoms with Gasteiger partial charge in [0.2, 0.25) is 15.9 Å². The zero-order chi connectivity index (χ0) is 22.4. The number of benzene rings is 2. The monoisotopic (exact) mass is 466 g/mol. The lowest BCUT2D eigenvalue weighted by Gasteiger charge is -2.30. The molecule has 3 rings (SSSR count). The fourth-order valence-electron chi connectivity index (χ4n) is 3.62. The minimum atomic E-state index is -3.49. The van der Waals surface area contributed by atoms with E-state index in [1.165, 1.54) is 4.31 Å². The van der Waals surface area contributed by atoms with Gasteiger partial charge in [0.15, 0.2) is 11.5 Å². The highest BCUT2D eigenvalue weighted by Gasteiger charge is 2.31. The second-order valence-electron chi connectivity index (χ2n) is 7.43. The van der Waals surface area contributed by atoms with Crippen molar-refractivity contribution >= 4 is 27.5 Å². The Morgan fingerprint density at radius 1 is 1.10 bits per heavy atom. The average Bonchev–Trinajstić information content (AvgIpc) is 2.78. The van der Waals surface area contributed by atoms with Gasteiger partial charge in [-0.15, -0.1) is 0 Å². The summed E-state index contributed by atoms with van der Waals surface area (Å²) in [6.07, 6.45) is 0.971. The highest BCUT2D eigenvalue weighted by Crippen LogP contribution is 2.28. The lowest BCUT2D eigenvalue weighted by molar-refractivity contribution is -0.126.